The number of hydrogen-bond donors (Lipinski definition) is 3. The maximum Gasteiger partial charge on any atom is 0.354 e. The molecular weight excluding hydrogens is 222 g/mol. The number of H-pyrrole nitrogens is 1. The zero-order valence-corrected chi connectivity index (χ0v) is 9.10. The Kier molecular flexibility index (Phi) is 2.70. The van der Waals surface area contributed by atoms with Crippen LogP contribution < -0.4 is 10.5 Å². The van der Waals surface area contributed by atoms with Crippen LogP contribution in [0.15, 0.2) is 24.3 Å². The molecule has 0 aliphatic heterocycles. The van der Waals surface area contributed by atoms with E-state index in [4.69, 9.17) is 15.6 Å². The molecule has 1 heterocycles. The molecule has 0 unspecified atom stereocenters. The van der Waals surface area contributed by atoms with Crippen LogP contribution in [0.3, 0.4) is 0 Å². The number of nitrogens with two attached hydrogens (primary N) is 1. The van der Waals surface area contributed by atoms with Gasteiger partial charge in [-0.1, -0.05) is 18.2 Å². The fraction of sp³-hybridized carbons (Fsp3) is 0.0909. The highest BCUT2D eigenvalue weighted by Gasteiger charge is 2.20. The number of anilines is 1. The normalized spacial score (nSPS) is 10.2. The molecule has 1 aromatic carbocycles. The summed E-state index contributed by atoms with van der Waals surface area (Å²) < 4.78 is 5.17. The van der Waals surface area contributed by atoms with Crippen molar-refractivity contribution >= 4 is 11.8 Å². The monoisotopic (exact) mass is 233 g/mol. The number of methoxy groups -OCH3 is 1. The Balaban J connectivity index is 2.67. The highest BCUT2D eigenvalue weighted by molar-refractivity contribution is 5.98. The summed E-state index contributed by atoms with van der Waals surface area (Å²) in [6.07, 6.45) is 0. The molecule has 4 N–H and O–H groups in total. The van der Waals surface area contributed by atoms with Crippen molar-refractivity contribution in [3.05, 3.63) is 30.0 Å². The van der Waals surface area contributed by atoms with E-state index in [2.05, 4.69) is 10.2 Å². The fourth-order valence-electron chi connectivity index (χ4n) is 1.63. The first-order valence-electron chi connectivity index (χ1n) is 4.85. The van der Waals surface area contributed by atoms with E-state index in [1.807, 2.05) is 0 Å². The lowest BCUT2D eigenvalue weighted by atomic mass is 10.0. The minimum atomic E-state index is -1.12. The number of aromatic amines is 1. The zero-order chi connectivity index (χ0) is 12.4. The number of carboxylic acids is 1. The molecule has 0 spiro atoms. The Morgan fingerprint density at radius 1 is 1.47 bits per heavy atom. The van der Waals surface area contributed by atoms with Crippen LogP contribution in [-0.4, -0.2) is 28.4 Å². The molecule has 0 radical (unpaired) electrons. The quantitative estimate of drug-likeness (QED) is 0.743. The van der Waals surface area contributed by atoms with Gasteiger partial charge in [0.05, 0.1) is 12.7 Å². The molecule has 2 aromatic rings. The number of aromatic carboxylic acids is 1. The van der Waals surface area contributed by atoms with Crippen LogP contribution in [0.25, 0.3) is 11.1 Å². The summed E-state index contributed by atoms with van der Waals surface area (Å²) in [7, 11) is 1.51. The first-order chi connectivity index (χ1) is 8.15. The Morgan fingerprint density at radius 3 is 2.82 bits per heavy atom. The summed E-state index contributed by atoms with van der Waals surface area (Å²) in [4.78, 5) is 11.0. The van der Waals surface area contributed by atoms with Crippen LogP contribution in [0.4, 0.5) is 5.82 Å². The predicted molar refractivity (Wildman–Crippen MR) is 61.9 cm³/mol. The molecular formula is C11H11N3O3. The van der Waals surface area contributed by atoms with Crippen LogP contribution in [0.5, 0.6) is 5.75 Å². The van der Waals surface area contributed by atoms with Gasteiger partial charge in [-0.15, -0.1) is 0 Å². The van der Waals surface area contributed by atoms with Crippen LogP contribution in [0.1, 0.15) is 10.5 Å². The molecule has 2 rings (SSSR count). The highest BCUT2D eigenvalue weighted by atomic mass is 16.5. The second-order valence-electron chi connectivity index (χ2n) is 3.36. The molecule has 0 saturated carbocycles. The number of nitrogens with zero attached hydrogens (tertiary/aromatic N) is 1. The van der Waals surface area contributed by atoms with Gasteiger partial charge in [-0.2, -0.15) is 5.10 Å². The number of aromatic nitrogens is 2. The average molecular weight is 233 g/mol. The molecule has 0 fully saturated rings. The van der Waals surface area contributed by atoms with Gasteiger partial charge in [0.2, 0.25) is 0 Å². The van der Waals surface area contributed by atoms with Crippen molar-refractivity contribution in [3.63, 3.8) is 0 Å². The Labute approximate surface area is 97.0 Å². The second kappa shape index (κ2) is 4.17. The van der Waals surface area contributed by atoms with Gasteiger partial charge in [-0.3, -0.25) is 5.10 Å². The fourth-order valence-corrected chi connectivity index (χ4v) is 1.63. The van der Waals surface area contributed by atoms with Crippen LogP contribution in [0.2, 0.25) is 0 Å². The van der Waals surface area contributed by atoms with Crippen LogP contribution >= 0.6 is 0 Å². The van der Waals surface area contributed by atoms with Crippen molar-refractivity contribution in [1.82, 2.24) is 10.2 Å². The van der Waals surface area contributed by atoms with Gasteiger partial charge in [0.1, 0.15) is 5.75 Å². The molecule has 88 valence electrons. The number of carbonyl (C=O) groups is 1. The maximum atomic E-state index is 11.0. The zero-order valence-electron chi connectivity index (χ0n) is 9.10. The van der Waals surface area contributed by atoms with Crippen LogP contribution in [-0.2, 0) is 0 Å². The van der Waals surface area contributed by atoms with Gasteiger partial charge in [0.15, 0.2) is 11.5 Å². The van der Waals surface area contributed by atoms with Crippen molar-refractivity contribution < 1.29 is 14.6 Å². The lowest BCUT2D eigenvalue weighted by Crippen LogP contribution is -2.00. The molecule has 0 aliphatic carbocycles. The highest BCUT2D eigenvalue weighted by Crippen LogP contribution is 2.34. The molecule has 6 nitrogen and oxygen atoms in total. The third-order valence-corrected chi connectivity index (χ3v) is 2.38. The summed E-state index contributed by atoms with van der Waals surface area (Å²) in [5.41, 5.74) is 6.56. The molecule has 1 aromatic heterocycles. The van der Waals surface area contributed by atoms with Gasteiger partial charge in [0.25, 0.3) is 0 Å². The smallest absolute Gasteiger partial charge is 0.354 e. The maximum absolute atomic E-state index is 11.0. The molecule has 0 aliphatic rings. The lowest BCUT2D eigenvalue weighted by molar-refractivity contribution is 0.0691. The number of nitrogen functional groups attached to an aromatic ring is 1. The van der Waals surface area contributed by atoms with E-state index in [1.54, 1.807) is 24.3 Å². The first kappa shape index (κ1) is 11.0. The SMILES string of the molecule is COc1ccccc1-c1c(N)n[nH]c1C(=O)O. The third-order valence-electron chi connectivity index (χ3n) is 2.38. The van der Waals surface area contributed by atoms with Gasteiger partial charge < -0.3 is 15.6 Å². The summed E-state index contributed by atoms with van der Waals surface area (Å²) in [6, 6.07) is 7.02. The van der Waals surface area contributed by atoms with Gasteiger partial charge in [0, 0.05) is 5.56 Å². The lowest BCUT2D eigenvalue weighted by Gasteiger charge is -2.07. The standard InChI is InChI=1S/C11H11N3O3/c1-17-7-5-3-2-4-6(7)8-9(11(15)16)13-14-10(8)12/h2-5H,1H3,(H,15,16)(H3,12,13,14). The van der Waals surface area contributed by atoms with Crippen molar-refractivity contribution in [2.75, 3.05) is 12.8 Å². The van der Waals surface area contributed by atoms with Crippen molar-refractivity contribution in [2.45, 2.75) is 0 Å². The van der Waals surface area contributed by atoms with E-state index < -0.39 is 5.97 Å². The minimum Gasteiger partial charge on any atom is -0.496 e. The summed E-state index contributed by atoms with van der Waals surface area (Å²) in [6.45, 7) is 0. The van der Waals surface area contributed by atoms with Gasteiger partial charge in [-0.05, 0) is 6.07 Å². The van der Waals surface area contributed by atoms with Crippen molar-refractivity contribution in [1.29, 1.82) is 0 Å². The van der Waals surface area contributed by atoms with E-state index in [-0.39, 0.29) is 11.5 Å². The van der Waals surface area contributed by atoms with Crippen LogP contribution in [0, 0.1) is 0 Å². The molecule has 0 bridgehead atoms. The summed E-state index contributed by atoms with van der Waals surface area (Å²) in [5.74, 6) is -0.440. The topological polar surface area (TPSA) is 101 Å². The van der Waals surface area contributed by atoms with E-state index in [0.717, 1.165) is 0 Å². The molecule has 0 atom stereocenters. The first-order valence-corrected chi connectivity index (χ1v) is 4.85. The van der Waals surface area contributed by atoms with E-state index in [1.165, 1.54) is 7.11 Å². The van der Waals surface area contributed by atoms with Gasteiger partial charge >= 0.3 is 5.97 Å². The van der Waals surface area contributed by atoms with E-state index in [9.17, 15) is 4.79 Å². The second-order valence-corrected chi connectivity index (χ2v) is 3.36. The molecule has 0 amide bonds. The predicted octanol–water partition coefficient (Wildman–Crippen LogP) is 1.37. The average Bonchev–Trinajstić information content (AvgIpc) is 2.71. The van der Waals surface area contributed by atoms with Gasteiger partial charge in [-0.25, -0.2) is 4.79 Å². The molecule has 0 saturated heterocycles. The number of carboxylic acid groups (broad SMARTS) is 1. The number of para-hydroxylation sites is 1. The number of ether oxygens (including phenoxy) is 1. The Hall–Kier alpha value is -2.50. The van der Waals surface area contributed by atoms with Crippen molar-refractivity contribution in [3.8, 4) is 16.9 Å². The largest absolute Gasteiger partial charge is 0.496 e. The number of rotatable bonds is 3. The summed E-state index contributed by atoms with van der Waals surface area (Å²) >= 11 is 0. The third kappa shape index (κ3) is 1.80. The number of hydrogen-bond acceptors (Lipinski definition) is 4. The van der Waals surface area contributed by atoms with E-state index >= 15 is 0 Å². The number of benzene rings is 1. The summed E-state index contributed by atoms with van der Waals surface area (Å²) in [5, 5.41) is 15.1. The minimum absolute atomic E-state index is 0.0491. The number of nitrogens with one attached hydrogen (secondary N) is 1. The molecule has 6 heteroatoms. The van der Waals surface area contributed by atoms with Crippen molar-refractivity contribution in [2.24, 2.45) is 0 Å². The van der Waals surface area contributed by atoms with E-state index in [0.29, 0.717) is 16.9 Å². The Bertz CT molecular complexity index is 563. The Morgan fingerprint density at radius 2 is 2.18 bits per heavy atom. The molecule has 17 heavy (non-hydrogen) atoms.